The molecule has 0 saturated carbocycles. The molecule has 0 unspecified atom stereocenters. The lowest BCUT2D eigenvalue weighted by Gasteiger charge is -2.11. The fourth-order valence-electron chi connectivity index (χ4n) is 1.15. The van der Waals surface area contributed by atoms with Gasteiger partial charge in [0.15, 0.2) is 0 Å². The van der Waals surface area contributed by atoms with Crippen LogP contribution in [-0.4, -0.2) is 42.3 Å². The number of anilines is 1. The van der Waals surface area contributed by atoms with Gasteiger partial charge in [-0.05, 0) is 24.3 Å². The zero-order valence-electron chi connectivity index (χ0n) is 9.84. The van der Waals surface area contributed by atoms with E-state index in [4.69, 9.17) is 5.11 Å². The molecule has 1 aromatic rings. The van der Waals surface area contributed by atoms with Crippen molar-refractivity contribution in [3.8, 4) is 0 Å². The lowest BCUT2D eigenvalue weighted by Crippen LogP contribution is -2.31. The standard InChI is InChI=1S/C11H12N2O5/c1-13(11(16)17)9(14)7-3-5-8(6-4-7)12-10(15)18-2/h3-6H,1-2H3,(H,12,15)(H,16,17). The van der Waals surface area contributed by atoms with Crippen molar-refractivity contribution in [3.63, 3.8) is 0 Å². The molecular formula is C11H12N2O5. The largest absolute Gasteiger partial charge is 0.465 e. The minimum atomic E-state index is -1.34. The van der Waals surface area contributed by atoms with Crippen LogP contribution in [0.2, 0.25) is 0 Å². The SMILES string of the molecule is COC(=O)Nc1ccc(C(=O)N(C)C(=O)O)cc1. The lowest BCUT2D eigenvalue weighted by molar-refractivity contribution is 0.0781. The van der Waals surface area contributed by atoms with E-state index in [9.17, 15) is 14.4 Å². The molecule has 2 N–H and O–H groups in total. The number of nitrogens with zero attached hydrogens (tertiary/aromatic N) is 1. The number of rotatable bonds is 2. The van der Waals surface area contributed by atoms with Crippen LogP contribution in [0.4, 0.5) is 15.3 Å². The quantitative estimate of drug-likeness (QED) is 0.833. The number of imide groups is 1. The molecule has 0 spiro atoms. The smallest absolute Gasteiger partial charge is 0.414 e. The fraction of sp³-hybridized carbons (Fsp3) is 0.182. The van der Waals surface area contributed by atoms with Crippen LogP contribution in [0.5, 0.6) is 0 Å². The Morgan fingerprint density at radius 2 is 1.78 bits per heavy atom. The maximum Gasteiger partial charge on any atom is 0.414 e. The van der Waals surface area contributed by atoms with Gasteiger partial charge in [-0.25, -0.2) is 14.5 Å². The molecule has 0 radical (unpaired) electrons. The third kappa shape index (κ3) is 3.21. The second-order valence-corrected chi connectivity index (χ2v) is 3.34. The molecule has 0 saturated heterocycles. The zero-order valence-corrected chi connectivity index (χ0v) is 9.84. The summed E-state index contributed by atoms with van der Waals surface area (Å²) >= 11 is 0. The number of hydrogen-bond donors (Lipinski definition) is 2. The van der Waals surface area contributed by atoms with Gasteiger partial charge in [0.25, 0.3) is 5.91 Å². The molecule has 1 aromatic carbocycles. The highest BCUT2D eigenvalue weighted by atomic mass is 16.5. The second kappa shape index (κ2) is 5.67. The van der Waals surface area contributed by atoms with Gasteiger partial charge in [0, 0.05) is 18.3 Å². The van der Waals surface area contributed by atoms with E-state index in [0.717, 1.165) is 7.05 Å². The topological polar surface area (TPSA) is 95.9 Å². The van der Waals surface area contributed by atoms with Crippen LogP contribution in [0.25, 0.3) is 0 Å². The van der Waals surface area contributed by atoms with Crippen molar-refractivity contribution >= 4 is 23.8 Å². The number of carbonyl (C=O) groups excluding carboxylic acids is 2. The summed E-state index contributed by atoms with van der Waals surface area (Å²) in [6.45, 7) is 0. The molecule has 0 aliphatic heterocycles. The van der Waals surface area contributed by atoms with Crippen molar-refractivity contribution in [2.75, 3.05) is 19.5 Å². The summed E-state index contributed by atoms with van der Waals surface area (Å²) in [4.78, 5) is 33.7. The summed E-state index contributed by atoms with van der Waals surface area (Å²) < 4.78 is 4.40. The van der Waals surface area contributed by atoms with Crippen LogP contribution < -0.4 is 5.32 Å². The first-order chi connectivity index (χ1) is 8.45. The Hall–Kier alpha value is -2.57. The number of benzene rings is 1. The summed E-state index contributed by atoms with van der Waals surface area (Å²) in [5.74, 6) is -0.646. The predicted molar refractivity (Wildman–Crippen MR) is 62.6 cm³/mol. The number of carboxylic acid groups (broad SMARTS) is 1. The van der Waals surface area contributed by atoms with E-state index in [2.05, 4.69) is 10.1 Å². The van der Waals surface area contributed by atoms with E-state index in [1.54, 1.807) is 0 Å². The maximum absolute atomic E-state index is 11.6. The normalized spacial score (nSPS) is 9.44. The van der Waals surface area contributed by atoms with Gasteiger partial charge in [-0.1, -0.05) is 0 Å². The van der Waals surface area contributed by atoms with E-state index in [0.29, 0.717) is 10.6 Å². The van der Waals surface area contributed by atoms with Crippen LogP contribution in [0, 0.1) is 0 Å². The van der Waals surface area contributed by atoms with Gasteiger partial charge in [-0.3, -0.25) is 10.1 Å². The first-order valence-electron chi connectivity index (χ1n) is 4.91. The molecular weight excluding hydrogens is 240 g/mol. The highest BCUT2D eigenvalue weighted by molar-refractivity contribution is 6.02. The molecule has 0 bridgehead atoms. The van der Waals surface area contributed by atoms with Crippen molar-refractivity contribution in [3.05, 3.63) is 29.8 Å². The summed E-state index contributed by atoms with van der Waals surface area (Å²) in [6.07, 6.45) is -1.96. The predicted octanol–water partition coefficient (Wildman–Crippen LogP) is 1.61. The van der Waals surface area contributed by atoms with E-state index < -0.39 is 18.1 Å². The van der Waals surface area contributed by atoms with Gasteiger partial charge < -0.3 is 9.84 Å². The average Bonchev–Trinajstić information content (AvgIpc) is 2.37. The van der Waals surface area contributed by atoms with Crippen molar-refractivity contribution < 1.29 is 24.2 Å². The second-order valence-electron chi connectivity index (χ2n) is 3.34. The van der Waals surface area contributed by atoms with Crippen LogP contribution >= 0.6 is 0 Å². The molecule has 18 heavy (non-hydrogen) atoms. The Balaban J connectivity index is 2.80. The average molecular weight is 252 g/mol. The van der Waals surface area contributed by atoms with E-state index >= 15 is 0 Å². The monoisotopic (exact) mass is 252 g/mol. The molecule has 1 rings (SSSR count). The summed E-state index contributed by atoms with van der Waals surface area (Å²) in [6, 6.07) is 5.76. The van der Waals surface area contributed by atoms with Crippen LogP contribution in [0.1, 0.15) is 10.4 Å². The molecule has 0 aromatic heterocycles. The van der Waals surface area contributed by atoms with Crippen molar-refractivity contribution in [2.45, 2.75) is 0 Å². The third-order valence-electron chi connectivity index (χ3n) is 2.16. The Morgan fingerprint density at radius 3 is 2.22 bits per heavy atom. The van der Waals surface area contributed by atoms with Gasteiger partial charge in [0.05, 0.1) is 7.11 Å². The van der Waals surface area contributed by atoms with Gasteiger partial charge in [-0.15, -0.1) is 0 Å². The Bertz CT molecular complexity index is 469. The zero-order chi connectivity index (χ0) is 13.7. The fourth-order valence-corrected chi connectivity index (χ4v) is 1.15. The first kappa shape index (κ1) is 13.5. The van der Waals surface area contributed by atoms with Gasteiger partial charge in [-0.2, -0.15) is 0 Å². The minimum absolute atomic E-state index is 0.204. The molecule has 7 nitrogen and oxygen atoms in total. The van der Waals surface area contributed by atoms with E-state index in [-0.39, 0.29) is 5.56 Å². The van der Waals surface area contributed by atoms with Crippen molar-refractivity contribution in [2.24, 2.45) is 0 Å². The lowest BCUT2D eigenvalue weighted by atomic mass is 10.2. The number of nitrogens with one attached hydrogen (secondary N) is 1. The molecule has 7 heteroatoms. The third-order valence-corrected chi connectivity index (χ3v) is 2.16. The molecule has 0 heterocycles. The molecule has 0 fully saturated rings. The Labute approximate surface area is 103 Å². The number of amides is 3. The summed E-state index contributed by atoms with van der Waals surface area (Å²) in [5, 5.41) is 11.1. The summed E-state index contributed by atoms with van der Waals surface area (Å²) in [5.41, 5.74) is 0.645. The van der Waals surface area contributed by atoms with Crippen LogP contribution in [0.3, 0.4) is 0 Å². The number of methoxy groups -OCH3 is 1. The van der Waals surface area contributed by atoms with E-state index in [1.807, 2.05) is 0 Å². The van der Waals surface area contributed by atoms with Crippen LogP contribution in [-0.2, 0) is 4.74 Å². The Morgan fingerprint density at radius 1 is 1.22 bits per heavy atom. The van der Waals surface area contributed by atoms with Gasteiger partial charge in [0.2, 0.25) is 0 Å². The first-order valence-corrected chi connectivity index (χ1v) is 4.91. The maximum atomic E-state index is 11.6. The van der Waals surface area contributed by atoms with E-state index in [1.165, 1.54) is 31.4 Å². The molecule has 0 aliphatic carbocycles. The highest BCUT2D eigenvalue weighted by Gasteiger charge is 2.17. The highest BCUT2D eigenvalue weighted by Crippen LogP contribution is 2.11. The van der Waals surface area contributed by atoms with Gasteiger partial charge >= 0.3 is 12.2 Å². The summed E-state index contributed by atoms with van der Waals surface area (Å²) in [7, 11) is 2.39. The van der Waals surface area contributed by atoms with Crippen molar-refractivity contribution in [1.29, 1.82) is 0 Å². The van der Waals surface area contributed by atoms with Crippen LogP contribution in [0.15, 0.2) is 24.3 Å². The molecule has 0 aliphatic rings. The minimum Gasteiger partial charge on any atom is -0.465 e. The number of carbonyl (C=O) groups is 3. The molecule has 3 amide bonds. The number of hydrogen-bond acceptors (Lipinski definition) is 4. The molecule has 0 atom stereocenters. The van der Waals surface area contributed by atoms with Gasteiger partial charge in [0.1, 0.15) is 0 Å². The molecule has 96 valence electrons. The Kier molecular flexibility index (Phi) is 4.25. The number of ether oxygens (including phenoxy) is 1. The van der Waals surface area contributed by atoms with Crippen molar-refractivity contribution in [1.82, 2.24) is 4.90 Å².